The highest BCUT2D eigenvalue weighted by atomic mass is 35.5. The average molecular weight is 423 g/mol. The number of piperazine rings is 1. The summed E-state index contributed by atoms with van der Waals surface area (Å²) in [5.41, 5.74) is 1.41. The first kappa shape index (κ1) is 24.1. The summed E-state index contributed by atoms with van der Waals surface area (Å²) >= 11 is 0. The maximum absolute atomic E-state index is 12.9. The van der Waals surface area contributed by atoms with Crippen LogP contribution in [0.3, 0.4) is 0 Å². The number of nitrogens with one attached hydrogen (secondary N) is 1. The molecule has 2 fully saturated rings. The lowest BCUT2D eigenvalue weighted by Crippen LogP contribution is -2.54. The molecule has 0 radical (unpaired) electrons. The highest BCUT2D eigenvalue weighted by Gasteiger charge is 2.30. The Morgan fingerprint density at radius 2 is 1.96 bits per heavy atom. The molecule has 1 aromatic rings. The summed E-state index contributed by atoms with van der Waals surface area (Å²) in [4.78, 5) is 17.2. The van der Waals surface area contributed by atoms with Crippen molar-refractivity contribution in [3.05, 3.63) is 11.4 Å². The number of hydrogen-bond acceptors (Lipinski definition) is 6. The molecule has 10 heteroatoms. The third kappa shape index (κ3) is 5.54. The first-order chi connectivity index (χ1) is 12.1. The molecule has 156 valence electrons. The molecule has 2 aliphatic heterocycles. The molecule has 1 amide bonds. The van der Waals surface area contributed by atoms with Gasteiger partial charge < -0.3 is 15.0 Å². The standard InChI is InChI=1S/C17H30N6O2.2ClH/c1-13-12-22(9-8-21(13)10-11-25-3)17(24)16-14(2)23(20-19-16)15-4-6-18-7-5-15;;/h13,15,18H,4-12H2,1-3H3;2*1H. The van der Waals surface area contributed by atoms with Crippen LogP contribution in [0.15, 0.2) is 0 Å². The van der Waals surface area contributed by atoms with Crippen LogP contribution in [-0.2, 0) is 4.74 Å². The van der Waals surface area contributed by atoms with Crippen molar-refractivity contribution in [1.29, 1.82) is 0 Å². The molecule has 3 rings (SSSR count). The molecule has 0 spiro atoms. The van der Waals surface area contributed by atoms with Crippen molar-refractivity contribution >= 4 is 30.7 Å². The minimum Gasteiger partial charge on any atom is -0.383 e. The lowest BCUT2D eigenvalue weighted by Gasteiger charge is -2.39. The van der Waals surface area contributed by atoms with Gasteiger partial charge >= 0.3 is 0 Å². The Morgan fingerprint density at radius 1 is 1.26 bits per heavy atom. The van der Waals surface area contributed by atoms with Gasteiger partial charge in [0.15, 0.2) is 5.69 Å². The predicted molar refractivity (Wildman–Crippen MR) is 109 cm³/mol. The first-order valence-corrected chi connectivity index (χ1v) is 9.26. The van der Waals surface area contributed by atoms with Crippen molar-refractivity contribution in [3.8, 4) is 0 Å². The molecular weight excluding hydrogens is 391 g/mol. The van der Waals surface area contributed by atoms with Gasteiger partial charge in [-0.1, -0.05) is 5.21 Å². The lowest BCUT2D eigenvalue weighted by molar-refractivity contribution is 0.0429. The van der Waals surface area contributed by atoms with Crippen LogP contribution in [0.5, 0.6) is 0 Å². The molecule has 1 N–H and O–H groups in total. The largest absolute Gasteiger partial charge is 0.383 e. The number of carbonyl (C=O) groups is 1. The van der Waals surface area contributed by atoms with Crippen LogP contribution in [0.4, 0.5) is 0 Å². The molecule has 2 saturated heterocycles. The number of hydrogen-bond donors (Lipinski definition) is 1. The Morgan fingerprint density at radius 3 is 2.59 bits per heavy atom. The van der Waals surface area contributed by atoms with E-state index in [1.165, 1.54) is 0 Å². The molecule has 3 heterocycles. The van der Waals surface area contributed by atoms with Crippen LogP contribution in [0.1, 0.15) is 42.0 Å². The highest BCUT2D eigenvalue weighted by molar-refractivity contribution is 5.93. The van der Waals surface area contributed by atoms with Gasteiger partial charge in [-0.05, 0) is 39.8 Å². The third-order valence-corrected chi connectivity index (χ3v) is 5.42. The Labute approximate surface area is 173 Å². The summed E-state index contributed by atoms with van der Waals surface area (Å²) in [7, 11) is 1.72. The van der Waals surface area contributed by atoms with Crippen molar-refractivity contribution in [2.45, 2.75) is 38.8 Å². The second kappa shape index (κ2) is 11.2. The van der Waals surface area contributed by atoms with Crippen LogP contribution in [0.25, 0.3) is 0 Å². The number of amides is 1. The van der Waals surface area contributed by atoms with E-state index < -0.39 is 0 Å². The van der Waals surface area contributed by atoms with Crippen LogP contribution in [-0.4, -0.2) is 89.7 Å². The van der Waals surface area contributed by atoms with Gasteiger partial charge in [-0.15, -0.1) is 29.9 Å². The number of carbonyl (C=O) groups excluding carboxylic acids is 1. The van der Waals surface area contributed by atoms with Crippen molar-refractivity contribution in [3.63, 3.8) is 0 Å². The molecule has 0 aromatic carbocycles. The lowest BCUT2D eigenvalue weighted by atomic mass is 10.1. The van der Waals surface area contributed by atoms with E-state index in [1.807, 2.05) is 16.5 Å². The fourth-order valence-electron chi connectivity index (χ4n) is 3.81. The zero-order valence-electron chi connectivity index (χ0n) is 16.4. The molecule has 8 nitrogen and oxygen atoms in total. The summed E-state index contributed by atoms with van der Waals surface area (Å²) in [6.07, 6.45) is 2.07. The number of nitrogens with zero attached hydrogens (tertiary/aromatic N) is 5. The van der Waals surface area contributed by atoms with E-state index in [2.05, 4.69) is 27.5 Å². The summed E-state index contributed by atoms with van der Waals surface area (Å²) < 4.78 is 7.12. The van der Waals surface area contributed by atoms with E-state index in [-0.39, 0.29) is 30.7 Å². The summed E-state index contributed by atoms with van der Waals surface area (Å²) in [5.74, 6) is 0.0101. The number of piperidine rings is 1. The average Bonchev–Trinajstić information content (AvgIpc) is 3.02. The molecule has 1 unspecified atom stereocenters. The second-order valence-electron chi connectivity index (χ2n) is 7.08. The van der Waals surface area contributed by atoms with Crippen LogP contribution < -0.4 is 5.32 Å². The van der Waals surface area contributed by atoms with E-state index in [0.29, 0.717) is 17.8 Å². The van der Waals surface area contributed by atoms with Crippen molar-refractivity contribution in [1.82, 2.24) is 30.1 Å². The molecule has 0 saturated carbocycles. The van der Waals surface area contributed by atoms with Crippen molar-refractivity contribution in [2.75, 3.05) is 53.0 Å². The number of aromatic nitrogens is 3. The molecule has 0 bridgehead atoms. The molecular formula is C17H32Cl2N6O2. The fraction of sp³-hybridized carbons (Fsp3) is 0.824. The fourth-order valence-corrected chi connectivity index (χ4v) is 3.81. The van der Waals surface area contributed by atoms with Gasteiger partial charge in [-0.3, -0.25) is 9.69 Å². The van der Waals surface area contributed by atoms with Gasteiger partial charge in [0.05, 0.1) is 18.3 Å². The Hall–Kier alpha value is -0.930. The van der Waals surface area contributed by atoms with Crippen LogP contribution in [0, 0.1) is 6.92 Å². The molecule has 27 heavy (non-hydrogen) atoms. The molecule has 2 aliphatic rings. The van der Waals surface area contributed by atoms with E-state index in [0.717, 1.165) is 64.4 Å². The predicted octanol–water partition coefficient (Wildman–Crippen LogP) is 1.15. The normalized spacial score (nSPS) is 21.4. The minimum atomic E-state index is 0. The van der Waals surface area contributed by atoms with E-state index in [4.69, 9.17) is 4.74 Å². The number of methoxy groups -OCH3 is 1. The molecule has 1 atom stereocenters. The topological polar surface area (TPSA) is 75.5 Å². The van der Waals surface area contributed by atoms with Gasteiger partial charge in [-0.25, -0.2) is 4.68 Å². The minimum absolute atomic E-state index is 0. The van der Waals surface area contributed by atoms with Gasteiger partial charge in [0.25, 0.3) is 5.91 Å². The Bertz CT molecular complexity index is 594. The van der Waals surface area contributed by atoms with Gasteiger partial charge in [0.1, 0.15) is 0 Å². The quantitative estimate of drug-likeness (QED) is 0.766. The van der Waals surface area contributed by atoms with Crippen molar-refractivity contribution < 1.29 is 9.53 Å². The Kier molecular flexibility index (Phi) is 9.97. The number of rotatable bonds is 5. The summed E-state index contributed by atoms with van der Waals surface area (Å²) in [6, 6.07) is 0.674. The maximum Gasteiger partial charge on any atom is 0.276 e. The second-order valence-corrected chi connectivity index (χ2v) is 7.08. The smallest absolute Gasteiger partial charge is 0.276 e. The number of ether oxygens (including phenoxy) is 1. The van der Waals surface area contributed by atoms with E-state index >= 15 is 0 Å². The Balaban J connectivity index is 0.00000182. The van der Waals surface area contributed by atoms with Gasteiger partial charge in [0, 0.05) is 39.3 Å². The molecule has 0 aliphatic carbocycles. The number of halogens is 2. The van der Waals surface area contributed by atoms with Crippen LogP contribution >= 0.6 is 24.8 Å². The van der Waals surface area contributed by atoms with Crippen molar-refractivity contribution in [2.24, 2.45) is 0 Å². The van der Waals surface area contributed by atoms with E-state index in [1.54, 1.807) is 7.11 Å². The first-order valence-electron chi connectivity index (χ1n) is 9.26. The highest BCUT2D eigenvalue weighted by Crippen LogP contribution is 2.21. The monoisotopic (exact) mass is 422 g/mol. The van der Waals surface area contributed by atoms with Gasteiger partial charge in [0.2, 0.25) is 0 Å². The maximum atomic E-state index is 12.9. The molecule has 1 aromatic heterocycles. The van der Waals surface area contributed by atoms with Gasteiger partial charge in [-0.2, -0.15) is 0 Å². The van der Waals surface area contributed by atoms with Crippen LogP contribution in [0.2, 0.25) is 0 Å². The van der Waals surface area contributed by atoms with E-state index in [9.17, 15) is 4.79 Å². The zero-order chi connectivity index (χ0) is 17.8. The summed E-state index contributed by atoms with van der Waals surface area (Å²) in [5, 5.41) is 11.9. The third-order valence-electron chi connectivity index (χ3n) is 5.42. The summed E-state index contributed by atoms with van der Waals surface area (Å²) in [6.45, 7) is 10.1. The SMILES string of the molecule is COCCN1CCN(C(=O)c2nnn(C3CCNCC3)c2C)CC1C.Cl.Cl. The zero-order valence-corrected chi connectivity index (χ0v) is 18.0.